The third-order valence-corrected chi connectivity index (χ3v) is 2.90. The van der Waals surface area contributed by atoms with Gasteiger partial charge in [-0.15, -0.1) is 0 Å². The van der Waals surface area contributed by atoms with E-state index < -0.39 is 0 Å². The number of hydrogen-bond acceptors (Lipinski definition) is 3. The Kier molecular flexibility index (Phi) is 2.90. The van der Waals surface area contributed by atoms with Gasteiger partial charge in [0.2, 0.25) is 5.91 Å². The van der Waals surface area contributed by atoms with E-state index in [4.69, 9.17) is 5.73 Å². The number of nitrogens with one attached hydrogen (secondary N) is 1. The highest BCUT2D eigenvalue weighted by Crippen LogP contribution is 2.32. The second-order valence-electron chi connectivity index (χ2n) is 3.79. The third-order valence-electron chi connectivity index (χ3n) is 2.29. The minimum absolute atomic E-state index is 0.0236. The maximum absolute atomic E-state index is 11.5. The molecule has 4 nitrogen and oxygen atoms in total. The molecule has 2 rings (SSSR count). The van der Waals surface area contributed by atoms with Crippen LogP contribution in [0.4, 0.5) is 11.5 Å². The Balaban J connectivity index is 1.99. The van der Waals surface area contributed by atoms with Crippen LogP contribution in [0.25, 0.3) is 0 Å². The molecule has 5 heteroatoms. The van der Waals surface area contributed by atoms with Gasteiger partial charge in [0.05, 0.1) is 16.4 Å². The molecule has 1 aliphatic rings. The number of amides is 1. The molecular weight excluding hydrogens is 258 g/mol. The SMILES string of the molecule is Nc1cnc(NC(=O)CC2CC2)c(Br)c1. The topological polar surface area (TPSA) is 68.0 Å². The first-order valence-electron chi connectivity index (χ1n) is 4.86. The molecule has 0 spiro atoms. The van der Waals surface area contributed by atoms with E-state index in [9.17, 15) is 4.79 Å². The molecule has 1 saturated carbocycles. The molecule has 1 aromatic rings. The summed E-state index contributed by atoms with van der Waals surface area (Å²) in [6.45, 7) is 0. The number of aromatic nitrogens is 1. The summed E-state index contributed by atoms with van der Waals surface area (Å²) in [5, 5.41) is 2.76. The monoisotopic (exact) mass is 269 g/mol. The molecule has 1 aromatic heterocycles. The Morgan fingerprint density at radius 1 is 1.67 bits per heavy atom. The predicted octanol–water partition coefficient (Wildman–Crippen LogP) is 2.16. The van der Waals surface area contributed by atoms with E-state index in [1.807, 2.05) is 0 Å². The Bertz CT molecular complexity index is 390. The molecule has 3 N–H and O–H groups in total. The van der Waals surface area contributed by atoms with Crippen molar-refractivity contribution in [1.29, 1.82) is 0 Å². The molecule has 0 atom stereocenters. The molecule has 1 amide bonds. The van der Waals surface area contributed by atoms with Crippen LogP contribution in [0, 0.1) is 5.92 Å². The van der Waals surface area contributed by atoms with Crippen molar-refractivity contribution in [3.05, 3.63) is 16.7 Å². The van der Waals surface area contributed by atoms with E-state index in [2.05, 4.69) is 26.2 Å². The van der Waals surface area contributed by atoms with Crippen LogP contribution in [-0.4, -0.2) is 10.9 Å². The summed E-state index contributed by atoms with van der Waals surface area (Å²) < 4.78 is 0.714. The van der Waals surface area contributed by atoms with Gasteiger partial charge in [-0.3, -0.25) is 4.79 Å². The molecule has 80 valence electrons. The van der Waals surface area contributed by atoms with Crippen LogP contribution in [0.1, 0.15) is 19.3 Å². The average Bonchev–Trinajstić information content (AvgIpc) is 2.94. The maximum Gasteiger partial charge on any atom is 0.225 e. The van der Waals surface area contributed by atoms with Crippen LogP contribution >= 0.6 is 15.9 Å². The van der Waals surface area contributed by atoms with Crippen molar-refractivity contribution in [1.82, 2.24) is 4.98 Å². The lowest BCUT2D eigenvalue weighted by Crippen LogP contribution is -2.13. The first-order valence-corrected chi connectivity index (χ1v) is 5.65. The number of nitrogens with two attached hydrogens (primary N) is 1. The van der Waals surface area contributed by atoms with Crippen LogP contribution in [-0.2, 0) is 4.79 Å². The zero-order chi connectivity index (χ0) is 10.8. The smallest absolute Gasteiger partial charge is 0.225 e. The van der Waals surface area contributed by atoms with Crippen LogP contribution in [0.2, 0.25) is 0 Å². The number of halogens is 1. The third kappa shape index (κ3) is 2.92. The van der Waals surface area contributed by atoms with E-state index in [1.165, 1.54) is 19.0 Å². The van der Waals surface area contributed by atoms with Gasteiger partial charge >= 0.3 is 0 Å². The first-order chi connectivity index (χ1) is 7.15. The Morgan fingerprint density at radius 2 is 2.40 bits per heavy atom. The molecule has 1 fully saturated rings. The van der Waals surface area contributed by atoms with Crippen molar-refractivity contribution in [3.8, 4) is 0 Å². The second-order valence-corrected chi connectivity index (χ2v) is 4.65. The van der Waals surface area contributed by atoms with Crippen molar-refractivity contribution < 1.29 is 4.79 Å². The number of carbonyl (C=O) groups excluding carboxylic acids is 1. The fourth-order valence-electron chi connectivity index (χ4n) is 1.31. The molecule has 0 bridgehead atoms. The van der Waals surface area contributed by atoms with E-state index in [0.29, 0.717) is 28.3 Å². The number of anilines is 2. The predicted molar refractivity (Wildman–Crippen MR) is 62.3 cm³/mol. The number of nitrogen functional groups attached to an aromatic ring is 1. The summed E-state index contributed by atoms with van der Waals surface area (Å²) >= 11 is 3.30. The van der Waals surface area contributed by atoms with Crippen LogP contribution in [0.3, 0.4) is 0 Å². The van der Waals surface area contributed by atoms with Crippen LogP contribution in [0.15, 0.2) is 16.7 Å². The van der Waals surface area contributed by atoms with Gasteiger partial charge in [0.1, 0.15) is 5.82 Å². The second kappa shape index (κ2) is 4.18. The average molecular weight is 270 g/mol. The van der Waals surface area contributed by atoms with E-state index in [0.717, 1.165) is 0 Å². The summed E-state index contributed by atoms with van der Waals surface area (Å²) in [6, 6.07) is 1.72. The molecule has 0 saturated heterocycles. The van der Waals surface area contributed by atoms with Crippen molar-refractivity contribution in [2.45, 2.75) is 19.3 Å². The first kappa shape index (κ1) is 10.4. The van der Waals surface area contributed by atoms with Crippen molar-refractivity contribution in [3.63, 3.8) is 0 Å². The van der Waals surface area contributed by atoms with Crippen molar-refractivity contribution in [2.75, 3.05) is 11.1 Å². The molecular formula is C10H12BrN3O. The lowest BCUT2D eigenvalue weighted by Gasteiger charge is -2.06. The number of nitrogens with zero attached hydrogens (tertiary/aromatic N) is 1. The van der Waals surface area contributed by atoms with E-state index in [1.54, 1.807) is 6.07 Å². The molecule has 0 radical (unpaired) electrons. The number of carbonyl (C=O) groups is 1. The van der Waals surface area contributed by atoms with Gasteiger partial charge < -0.3 is 11.1 Å². The fraction of sp³-hybridized carbons (Fsp3) is 0.400. The lowest BCUT2D eigenvalue weighted by atomic mass is 10.3. The Hall–Kier alpha value is -1.10. The van der Waals surface area contributed by atoms with Crippen LogP contribution in [0.5, 0.6) is 0 Å². The van der Waals surface area contributed by atoms with Gasteiger partial charge in [0.25, 0.3) is 0 Å². The van der Waals surface area contributed by atoms with E-state index >= 15 is 0 Å². The number of rotatable bonds is 3. The minimum Gasteiger partial charge on any atom is -0.397 e. The lowest BCUT2D eigenvalue weighted by molar-refractivity contribution is -0.116. The molecule has 0 aromatic carbocycles. The Morgan fingerprint density at radius 3 is 3.00 bits per heavy atom. The van der Waals surface area contributed by atoms with Gasteiger partial charge in [-0.2, -0.15) is 0 Å². The normalized spacial score (nSPS) is 15.0. The minimum atomic E-state index is 0.0236. The standard InChI is InChI=1S/C10H12BrN3O/c11-8-4-7(12)5-13-10(8)14-9(15)3-6-1-2-6/h4-6H,1-3,12H2,(H,13,14,15). The Labute approximate surface area is 96.4 Å². The van der Waals surface area contributed by atoms with Gasteiger partial charge in [0, 0.05) is 6.42 Å². The molecule has 0 unspecified atom stereocenters. The van der Waals surface area contributed by atoms with Gasteiger partial charge in [-0.05, 0) is 40.8 Å². The highest BCUT2D eigenvalue weighted by Gasteiger charge is 2.24. The fourth-order valence-corrected chi connectivity index (χ4v) is 1.78. The molecule has 0 aliphatic heterocycles. The van der Waals surface area contributed by atoms with Gasteiger partial charge in [-0.25, -0.2) is 4.98 Å². The molecule has 1 heterocycles. The summed E-state index contributed by atoms with van der Waals surface area (Å²) in [7, 11) is 0. The van der Waals surface area contributed by atoms with Gasteiger partial charge in [0.15, 0.2) is 0 Å². The number of hydrogen-bond donors (Lipinski definition) is 2. The summed E-state index contributed by atoms with van der Waals surface area (Å²) in [6.07, 6.45) is 4.46. The summed E-state index contributed by atoms with van der Waals surface area (Å²) in [5.41, 5.74) is 6.12. The summed E-state index contributed by atoms with van der Waals surface area (Å²) in [4.78, 5) is 15.5. The zero-order valence-electron chi connectivity index (χ0n) is 8.16. The largest absolute Gasteiger partial charge is 0.397 e. The zero-order valence-corrected chi connectivity index (χ0v) is 9.75. The highest BCUT2D eigenvalue weighted by molar-refractivity contribution is 9.10. The molecule has 1 aliphatic carbocycles. The van der Waals surface area contributed by atoms with E-state index in [-0.39, 0.29) is 5.91 Å². The number of pyridine rings is 1. The highest BCUT2D eigenvalue weighted by atomic mass is 79.9. The van der Waals surface area contributed by atoms with Crippen molar-refractivity contribution >= 4 is 33.3 Å². The summed E-state index contributed by atoms with van der Waals surface area (Å²) in [5.74, 6) is 1.14. The molecule has 15 heavy (non-hydrogen) atoms. The van der Waals surface area contributed by atoms with Gasteiger partial charge in [-0.1, -0.05) is 0 Å². The maximum atomic E-state index is 11.5. The van der Waals surface area contributed by atoms with Crippen LogP contribution < -0.4 is 11.1 Å². The quantitative estimate of drug-likeness (QED) is 0.884. The van der Waals surface area contributed by atoms with Crippen molar-refractivity contribution in [2.24, 2.45) is 5.92 Å².